The molecule has 0 radical (unpaired) electrons. The van der Waals surface area contributed by atoms with Crippen molar-refractivity contribution in [2.45, 2.75) is 38.6 Å². The minimum atomic E-state index is -0.341. The Labute approximate surface area is 210 Å². The van der Waals surface area contributed by atoms with Crippen LogP contribution in [0.5, 0.6) is 0 Å². The van der Waals surface area contributed by atoms with E-state index in [9.17, 15) is 14.0 Å². The molecule has 0 saturated carbocycles. The molecule has 2 amide bonds. The lowest BCUT2D eigenvalue weighted by atomic mass is 10.2. The smallest absolute Gasteiger partial charge is 0.249 e. The zero-order chi connectivity index (χ0) is 25.2. The summed E-state index contributed by atoms with van der Waals surface area (Å²) in [6.45, 7) is 1.52. The molecule has 0 aliphatic carbocycles. The highest BCUT2D eigenvalue weighted by Crippen LogP contribution is 2.16. The van der Waals surface area contributed by atoms with Crippen LogP contribution in [0.4, 0.5) is 4.39 Å². The molecule has 1 aliphatic heterocycles. The monoisotopic (exact) mass is 494 g/mol. The fourth-order valence-electron chi connectivity index (χ4n) is 4.11. The molecule has 1 aromatic heterocycles. The summed E-state index contributed by atoms with van der Waals surface area (Å²) in [6, 6.07) is 19.2. The number of hydrogen-bond donors (Lipinski definition) is 0. The first-order chi connectivity index (χ1) is 17.6. The van der Waals surface area contributed by atoms with Crippen LogP contribution in [0.3, 0.4) is 0 Å². The summed E-state index contributed by atoms with van der Waals surface area (Å²) in [4.78, 5) is 29.7. The first kappa shape index (κ1) is 25.6. The number of nitrogens with zero attached hydrogens (tertiary/aromatic N) is 2. The molecule has 1 aliphatic rings. The summed E-state index contributed by atoms with van der Waals surface area (Å²) in [6.07, 6.45) is 3.22. The van der Waals surface area contributed by atoms with Crippen LogP contribution >= 0.6 is 0 Å². The second-order valence-electron chi connectivity index (χ2n) is 8.84. The van der Waals surface area contributed by atoms with E-state index in [1.54, 1.807) is 35.4 Å². The maximum absolute atomic E-state index is 13.5. The van der Waals surface area contributed by atoms with Gasteiger partial charge >= 0.3 is 0 Å². The summed E-state index contributed by atoms with van der Waals surface area (Å²) in [7, 11) is 0. The third-order valence-corrected chi connectivity index (χ3v) is 6.03. The highest BCUT2D eigenvalue weighted by atomic mass is 19.1. The summed E-state index contributed by atoms with van der Waals surface area (Å²) < 4.78 is 30.2. The van der Waals surface area contributed by atoms with Gasteiger partial charge in [0.2, 0.25) is 11.8 Å². The Balaban J connectivity index is 1.43. The summed E-state index contributed by atoms with van der Waals surface area (Å²) in [5.74, 6) is -0.236. The minimum Gasteiger partial charge on any atom is -0.467 e. The Morgan fingerprint density at radius 1 is 0.917 bits per heavy atom. The molecule has 0 bridgehead atoms. The average molecular weight is 495 g/mol. The first-order valence-corrected chi connectivity index (χ1v) is 12.1. The Morgan fingerprint density at radius 3 is 2.42 bits per heavy atom. The number of ether oxygens (including phenoxy) is 2. The van der Waals surface area contributed by atoms with Crippen molar-refractivity contribution in [1.29, 1.82) is 0 Å². The minimum absolute atomic E-state index is 0.105. The van der Waals surface area contributed by atoms with Crippen LogP contribution in [-0.2, 0) is 38.8 Å². The maximum atomic E-state index is 13.5. The normalized spacial score (nSPS) is 15.1. The van der Waals surface area contributed by atoms with Gasteiger partial charge in [0, 0.05) is 19.7 Å². The second kappa shape index (κ2) is 13.0. The number of halogens is 1. The van der Waals surface area contributed by atoms with Crippen molar-refractivity contribution in [3.63, 3.8) is 0 Å². The van der Waals surface area contributed by atoms with Gasteiger partial charge in [-0.2, -0.15) is 0 Å². The highest BCUT2D eigenvalue weighted by Gasteiger charge is 2.27. The second-order valence-corrected chi connectivity index (χ2v) is 8.84. The van der Waals surface area contributed by atoms with Gasteiger partial charge in [-0.3, -0.25) is 9.59 Å². The number of amides is 2. The van der Waals surface area contributed by atoms with Crippen LogP contribution in [0.15, 0.2) is 77.4 Å². The summed E-state index contributed by atoms with van der Waals surface area (Å²) >= 11 is 0. The Kier molecular flexibility index (Phi) is 9.24. The first-order valence-electron chi connectivity index (χ1n) is 12.1. The molecular weight excluding hydrogens is 463 g/mol. The van der Waals surface area contributed by atoms with Gasteiger partial charge < -0.3 is 23.7 Å². The maximum Gasteiger partial charge on any atom is 0.249 e. The number of carbonyl (C=O) groups is 2. The standard InChI is InChI=1S/C28H31FN2O5/c29-24-12-10-22(11-13-24)16-30(17-25-8-4-14-35-25)27(32)19-31(18-26-9-5-15-36-26)28(33)21-34-20-23-6-2-1-3-7-23/h1-4,6-8,10-14,26H,5,9,15-21H2. The van der Waals surface area contributed by atoms with Gasteiger partial charge in [-0.15, -0.1) is 0 Å². The molecule has 0 spiro atoms. The van der Waals surface area contributed by atoms with E-state index < -0.39 is 0 Å². The molecule has 36 heavy (non-hydrogen) atoms. The summed E-state index contributed by atoms with van der Waals surface area (Å²) in [5.41, 5.74) is 1.75. The SMILES string of the molecule is O=C(CN(CC1CCCO1)C(=O)COCc1ccccc1)N(Cc1ccc(F)cc1)Cc1ccco1. The molecule has 1 saturated heterocycles. The van der Waals surface area contributed by atoms with Gasteiger partial charge in [-0.1, -0.05) is 42.5 Å². The zero-order valence-corrected chi connectivity index (χ0v) is 20.2. The zero-order valence-electron chi connectivity index (χ0n) is 20.2. The Hall–Kier alpha value is -3.49. The molecule has 8 heteroatoms. The van der Waals surface area contributed by atoms with Crippen LogP contribution < -0.4 is 0 Å². The molecule has 4 rings (SSSR count). The predicted octanol–water partition coefficient (Wildman–Crippen LogP) is 4.17. The fraction of sp³-hybridized carbons (Fsp3) is 0.357. The van der Waals surface area contributed by atoms with Crippen LogP contribution in [-0.4, -0.2) is 54.0 Å². The third-order valence-electron chi connectivity index (χ3n) is 6.03. The van der Waals surface area contributed by atoms with Gasteiger partial charge in [-0.25, -0.2) is 4.39 Å². The van der Waals surface area contributed by atoms with Crippen LogP contribution in [0.1, 0.15) is 29.7 Å². The van der Waals surface area contributed by atoms with Crippen molar-refractivity contribution in [2.24, 2.45) is 0 Å². The lowest BCUT2D eigenvalue weighted by Crippen LogP contribution is -2.46. The van der Waals surface area contributed by atoms with E-state index in [1.807, 2.05) is 30.3 Å². The van der Waals surface area contributed by atoms with Gasteiger partial charge in [0.05, 0.1) is 32.1 Å². The number of hydrogen-bond acceptors (Lipinski definition) is 5. The Morgan fingerprint density at radius 2 is 1.72 bits per heavy atom. The van der Waals surface area contributed by atoms with Gasteiger partial charge in [0.1, 0.15) is 18.2 Å². The predicted molar refractivity (Wildman–Crippen MR) is 131 cm³/mol. The molecule has 7 nitrogen and oxygen atoms in total. The lowest BCUT2D eigenvalue weighted by Gasteiger charge is -2.29. The number of rotatable bonds is 12. The van der Waals surface area contributed by atoms with E-state index in [0.29, 0.717) is 25.5 Å². The number of benzene rings is 2. The third kappa shape index (κ3) is 7.76. The van der Waals surface area contributed by atoms with Crippen LogP contribution in [0.2, 0.25) is 0 Å². The molecule has 2 aromatic carbocycles. The largest absolute Gasteiger partial charge is 0.467 e. The Bertz CT molecular complexity index is 1080. The molecule has 1 atom stereocenters. The van der Waals surface area contributed by atoms with Crippen molar-refractivity contribution in [3.8, 4) is 0 Å². The molecule has 1 fully saturated rings. The molecule has 190 valence electrons. The van der Waals surface area contributed by atoms with Crippen LogP contribution in [0.25, 0.3) is 0 Å². The van der Waals surface area contributed by atoms with Gasteiger partial charge in [0.25, 0.3) is 0 Å². The van der Waals surface area contributed by atoms with E-state index >= 15 is 0 Å². The topological polar surface area (TPSA) is 72.2 Å². The quantitative estimate of drug-likeness (QED) is 0.378. The van der Waals surface area contributed by atoms with E-state index in [4.69, 9.17) is 13.9 Å². The highest BCUT2D eigenvalue weighted by molar-refractivity contribution is 5.85. The van der Waals surface area contributed by atoms with Crippen molar-refractivity contribution in [1.82, 2.24) is 9.80 Å². The van der Waals surface area contributed by atoms with E-state index in [2.05, 4.69) is 0 Å². The number of carbonyl (C=O) groups excluding carboxylic acids is 2. The van der Waals surface area contributed by atoms with Crippen molar-refractivity contribution in [3.05, 3.63) is 95.7 Å². The molecule has 0 N–H and O–H groups in total. The molecule has 1 unspecified atom stereocenters. The van der Waals surface area contributed by atoms with Crippen LogP contribution in [0, 0.1) is 5.82 Å². The van der Waals surface area contributed by atoms with Crippen molar-refractivity contribution >= 4 is 11.8 Å². The fourth-order valence-corrected chi connectivity index (χ4v) is 4.11. The van der Waals surface area contributed by atoms with E-state index in [0.717, 1.165) is 24.0 Å². The molecular formula is C28H31FN2O5. The molecule has 2 heterocycles. The van der Waals surface area contributed by atoms with E-state index in [1.165, 1.54) is 17.0 Å². The number of furan rings is 1. The summed E-state index contributed by atoms with van der Waals surface area (Å²) in [5, 5.41) is 0. The van der Waals surface area contributed by atoms with Crippen molar-refractivity contribution < 1.29 is 27.9 Å². The average Bonchev–Trinajstić information content (AvgIpc) is 3.60. The van der Waals surface area contributed by atoms with Gasteiger partial charge in [0.15, 0.2) is 0 Å². The van der Waals surface area contributed by atoms with Crippen molar-refractivity contribution in [2.75, 3.05) is 26.3 Å². The lowest BCUT2D eigenvalue weighted by molar-refractivity contribution is -0.145. The van der Waals surface area contributed by atoms with Gasteiger partial charge in [-0.05, 0) is 48.2 Å². The van der Waals surface area contributed by atoms with E-state index in [-0.39, 0.29) is 50.0 Å². The molecule has 3 aromatic rings.